The van der Waals surface area contributed by atoms with Crippen molar-refractivity contribution in [3.05, 3.63) is 62.9 Å². The van der Waals surface area contributed by atoms with Crippen LogP contribution >= 0.6 is 23.2 Å². The number of ether oxygens (including phenoxy) is 1. The smallest absolute Gasteiger partial charge is 0.341 e. The van der Waals surface area contributed by atoms with E-state index in [1.54, 1.807) is 24.3 Å². The van der Waals surface area contributed by atoms with E-state index in [0.29, 0.717) is 16.1 Å². The summed E-state index contributed by atoms with van der Waals surface area (Å²) in [6.07, 6.45) is 1.32. The van der Waals surface area contributed by atoms with Gasteiger partial charge in [0.2, 0.25) is 5.43 Å². The number of rotatable bonds is 4. The van der Waals surface area contributed by atoms with Crippen LogP contribution in [0.5, 0.6) is 5.75 Å². The van der Waals surface area contributed by atoms with E-state index < -0.39 is 12.6 Å². The van der Waals surface area contributed by atoms with Crippen molar-refractivity contribution < 1.29 is 19.1 Å². The molecule has 0 bridgehead atoms. The maximum Gasteiger partial charge on any atom is 0.341 e. The first-order chi connectivity index (χ1) is 11.5. The first kappa shape index (κ1) is 16.4. The zero-order valence-electron chi connectivity index (χ0n) is 12.1. The van der Waals surface area contributed by atoms with Crippen molar-refractivity contribution in [2.24, 2.45) is 0 Å². The molecule has 0 radical (unpaired) electrons. The van der Waals surface area contributed by atoms with Gasteiger partial charge in [0, 0.05) is 11.1 Å². The second-order valence-corrected chi connectivity index (χ2v) is 5.79. The number of hydrogen-bond acceptors (Lipinski definition) is 4. The Bertz CT molecular complexity index is 977. The summed E-state index contributed by atoms with van der Waals surface area (Å²) in [7, 11) is 0. The third-order valence-corrected chi connectivity index (χ3v) is 3.87. The van der Waals surface area contributed by atoms with Gasteiger partial charge in [0.15, 0.2) is 6.61 Å². The summed E-state index contributed by atoms with van der Waals surface area (Å²) in [6.45, 7) is -0.519. The monoisotopic (exact) mass is 364 g/mol. The SMILES string of the molecule is O=C(O)COc1cc(Cl)c2c(=O)c(-c3ccc(Cl)cc3)coc2c1. The van der Waals surface area contributed by atoms with Crippen molar-refractivity contribution in [1.29, 1.82) is 0 Å². The van der Waals surface area contributed by atoms with Crippen molar-refractivity contribution >= 4 is 40.1 Å². The van der Waals surface area contributed by atoms with Gasteiger partial charge in [-0.25, -0.2) is 4.79 Å². The van der Waals surface area contributed by atoms with Crippen LogP contribution in [0.3, 0.4) is 0 Å². The van der Waals surface area contributed by atoms with Gasteiger partial charge < -0.3 is 14.3 Å². The summed E-state index contributed by atoms with van der Waals surface area (Å²) in [5, 5.41) is 9.52. The summed E-state index contributed by atoms with van der Waals surface area (Å²) < 4.78 is 10.6. The number of carbonyl (C=O) groups is 1. The maximum atomic E-state index is 12.7. The Hall–Kier alpha value is -2.50. The van der Waals surface area contributed by atoms with Crippen LogP contribution in [0.2, 0.25) is 10.0 Å². The van der Waals surface area contributed by atoms with Gasteiger partial charge in [0.25, 0.3) is 0 Å². The Kier molecular flexibility index (Phi) is 4.46. The van der Waals surface area contributed by atoms with Crippen LogP contribution in [0.25, 0.3) is 22.1 Å². The number of benzene rings is 2. The number of halogens is 2. The van der Waals surface area contributed by atoms with Gasteiger partial charge in [-0.3, -0.25) is 4.79 Å². The molecule has 0 unspecified atom stereocenters. The van der Waals surface area contributed by atoms with Gasteiger partial charge in [0.05, 0.1) is 16.0 Å². The Labute approximate surface area is 146 Å². The largest absolute Gasteiger partial charge is 0.482 e. The molecule has 1 N–H and O–H groups in total. The minimum atomic E-state index is -1.12. The highest BCUT2D eigenvalue weighted by Crippen LogP contribution is 2.29. The fourth-order valence-corrected chi connectivity index (χ4v) is 2.65. The molecule has 0 spiro atoms. The van der Waals surface area contributed by atoms with Crippen molar-refractivity contribution in [3.8, 4) is 16.9 Å². The molecular formula is C17H10Cl2O5. The van der Waals surface area contributed by atoms with Crippen LogP contribution in [0.1, 0.15) is 0 Å². The quantitative estimate of drug-likeness (QED) is 0.749. The Morgan fingerprint density at radius 1 is 1.17 bits per heavy atom. The third-order valence-electron chi connectivity index (χ3n) is 3.32. The number of fused-ring (bicyclic) bond motifs is 1. The van der Waals surface area contributed by atoms with Crippen molar-refractivity contribution in [2.45, 2.75) is 0 Å². The van der Waals surface area contributed by atoms with Crippen molar-refractivity contribution in [3.63, 3.8) is 0 Å². The number of carboxylic acid groups (broad SMARTS) is 1. The predicted octanol–water partition coefficient (Wildman–Crippen LogP) is 4.23. The molecule has 0 saturated heterocycles. The molecule has 3 rings (SSSR count). The third kappa shape index (κ3) is 3.22. The van der Waals surface area contributed by atoms with E-state index in [1.165, 1.54) is 18.4 Å². The zero-order chi connectivity index (χ0) is 17.3. The lowest BCUT2D eigenvalue weighted by atomic mass is 10.1. The molecule has 0 aliphatic heterocycles. The highest BCUT2D eigenvalue weighted by atomic mass is 35.5. The molecule has 1 aromatic heterocycles. The molecule has 0 aliphatic rings. The Morgan fingerprint density at radius 3 is 2.54 bits per heavy atom. The van der Waals surface area contributed by atoms with E-state index in [4.69, 9.17) is 37.5 Å². The molecule has 0 amide bonds. The number of carboxylic acids is 1. The van der Waals surface area contributed by atoms with Gasteiger partial charge in [0.1, 0.15) is 17.6 Å². The van der Waals surface area contributed by atoms with E-state index >= 15 is 0 Å². The fourth-order valence-electron chi connectivity index (χ4n) is 2.24. The van der Waals surface area contributed by atoms with Crippen molar-refractivity contribution in [2.75, 3.05) is 6.61 Å². The molecule has 7 heteroatoms. The fraction of sp³-hybridized carbons (Fsp3) is 0.0588. The zero-order valence-corrected chi connectivity index (χ0v) is 13.6. The molecule has 3 aromatic rings. The Morgan fingerprint density at radius 2 is 1.88 bits per heavy atom. The van der Waals surface area contributed by atoms with Gasteiger partial charge >= 0.3 is 5.97 Å². The lowest BCUT2D eigenvalue weighted by Crippen LogP contribution is -2.10. The maximum absolute atomic E-state index is 12.7. The lowest BCUT2D eigenvalue weighted by molar-refractivity contribution is -0.139. The molecule has 1 heterocycles. The summed E-state index contributed by atoms with van der Waals surface area (Å²) in [6, 6.07) is 9.57. The van der Waals surface area contributed by atoms with Crippen LogP contribution < -0.4 is 10.2 Å². The van der Waals surface area contributed by atoms with E-state index in [0.717, 1.165) is 0 Å². The molecule has 5 nitrogen and oxygen atoms in total. The van der Waals surface area contributed by atoms with Gasteiger partial charge in [-0.05, 0) is 23.8 Å². The molecule has 24 heavy (non-hydrogen) atoms. The standard InChI is InChI=1S/C17H10Cl2O5/c18-10-3-1-9(2-4-10)12-7-24-14-6-11(23-8-15(20)21)5-13(19)16(14)17(12)22/h1-7H,8H2,(H,20,21). The molecular weight excluding hydrogens is 355 g/mol. The molecule has 0 atom stereocenters. The number of hydrogen-bond donors (Lipinski definition) is 1. The van der Waals surface area contributed by atoms with Crippen LogP contribution in [0.15, 0.2) is 51.9 Å². The molecule has 0 saturated carbocycles. The van der Waals surface area contributed by atoms with E-state index in [9.17, 15) is 9.59 Å². The second kappa shape index (κ2) is 6.55. The van der Waals surface area contributed by atoms with Crippen molar-refractivity contribution in [1.82, 2.24) is 0 Å². The van der Waals surface area contributed by atoms with Crippen LogP contribution in [-0.4, -0.2) is 17.7 Å². The van der Waals surface area contributed by atoms with Crippen LogP contribution in [0, 0.1) is 0 Å². The summed E-state index contributed by atoms with van der Waals surface area (Å²) in [4.78, 5) is 23.3. The first-order valence-electron chi connectivity index (χ1n) is 6.81. The minimum absolute atomic E-state index is 0.123. The topological polar surface area (TPSA) is 76.7 Å². The van der Waals surface area contributed by atoms with Crippen LogP contribution in [-0.2, 0) is 4.79 Å². The van der Waals surface area contributed by atoms with E-state index in [2.05, 4.69) is 0 Å². The summed E-state index contributed by atoms with van der Waals surface area (Å²) >= 11 is 12.0. The number of aliphatic carboxylic acids is 1. The van der Waals surface area contributed by atoms with E-state index in [1.807, 2.05) is 0 Å². The highest BCUT2D eigenvalue weighted by molar-refractivity contribution is 6.35. The predicted molar refractivity (Wildman–Crippen MR) is 91.1 cm³/mol. The van der Waals surface area contributed by atoms with E-state index in [-0.39, 0.29) is 27.2 Å². The average Bonchev–Trinajstić information content (AvgIpc) is 2.54. The normalized spacial score (nSPS) is 10.8. The van der Waals surface area contributed by atoms with Gasteiger partial charge in [-0.1, -0.05) is 35.3 Å². The lowest BCUT2D eigenvalue weighted by Gasteiger charge is -2.07. The Balaban J connectivity index is 2.10. The summed E-state index contributed by atoms with van der Waals surface area (Å²) in [5.41, 5.74) is 0.913. The molecule has 122 valence electrons. The molecule has 0 aliphatic carbocycles. The first-order valence-corrected chi connectivity index (χ1v) is 7.57. The average molecular weight is 365 g/mol. The second-order valence-electron chi connectivity index (χ2n) is 4.95. The minimum Gasteiger partial charge on any atom is -0.482 e. The molecule has 2 aromatic carbocycles. The highest BCUT2D eigenvalue weighted by Gasteiger charge is 2.14. The van der Waals surface area contributed by atoms with Gasteiger partial charge in [-0.15, -0.1) is 0 Å². The van der Waals surface area contributed by atoms with Crippen LogP contribution in [0.4, 0.5) is 0 Å². The summed E-state index contributed by atoms with van der Waals surface area (Å²) in [5.74, 6) is -0.914. The van der Waals surface area contributed by atoms with Gasteiger partial charge in [-0.2, -0.15) is 0 Å². The molecule has 0 fully saturated rings.